The van der Waals surface area contributed by atoms with Gasteiger partial charge in [-0.05, 0) is 60.0 Å². The number of methoxy groups -OCH3 is 1. The van der Waals surface area contributed by atoms with E-state index in [9.17, 15) is 4.39 Å². The number of hydrogen-bond donors (Lipinski definition) is 2. The SMILES string of the molecule is COc1ccc(F)cc1C1CC1CNCc1cccc2cc[nH]c12. The average Bonchev–Trinajstić information content (AvgIpc) is 3.19. The Hall–Kier alpha value is -2.33. The molecule has 0 amide bonds. The highest BCUT2D eigenvalue weighted by Crippen LogP contribution is 2.50. The van der Waals surface area contributed by atoms with E-state index in [2.05, 4.69) is 34.6 Å². The zero-order valence-corrected chi connectivity index (χ0v) is 13.7. The number of aromatic nitrogens is 1. The number of rotatable bonds is 6. The van der Waals surface area contributed by atoms with Crippen LogP contribution < -0.4 is 10.1 Å². The van der Waals surface area contributed by atoms with Crippen molar-refractivity contribution in [1.82, 2.24) is 10.3 Å². The zero-order chi connectivity index (χ0) is 16.5. The second-order valence-electron chi connectivity index (χ2n) is 6.48. The second kappa shape index (κ2) is 6.29. The quantitative estimate of drug-likeness (QED) is 0.713. The maximum atomic E-state index is 13.5. The molecule has 1 saturated carbocycles. The normalized spacial score (nSPS) is 19.6. The first-order chi connectivity index (χ1) is 11.8. The van der Waals surface area contributed by atoms with Crippen LogP contribution in [0.3, 0.4) is 0 Å². The van der Waals surface area contributed by atoms with Gasteiger partial charge in [-0.1, -0.05) is 18.2 Å². The highest BCUT2D eigenvalue weighted by Gasteiger charge is 2.39. The Bertz CT molecular complexity index is 858. The lowest BCUT2D eigenvalue weighted by Gasteiger charge is -2.09. The van der Waals surface area contributed by atoms with E-state index < -0.39 is 0 Å². The fourth-order valence-electron chi connectivity index (χ4n) is 3.54. The topological polar surface area (TPSA) is 37.0 Å². The molecule has 0 radical (unpaired) electrons. The fraction of sp³-hybridized carbons (Fsp3) is 0.300. The Labute approximate surface area is 140 Å². The standard InChI is InChI=1S/C20H21FN2O/c1-24-19-6-5-16(21)10-18(19)17-9-15(17)12-22-11-14-4-2-3-13-7-8-23-20(13)14/h2-8,10,15,17,22-23H,9,11-12H2,1H3. The lowest BCUT2D eigenvalue weighted by atomic mass is 10.1. The lowest BCUT2D eigenvalue weighted by Crippen LogP contribution is -2.17. The van der Waals surface area contributed by atoms with Crippen LogP contribution in [0.5, 0.6) is 5.75 Å². The second-order valence-corrected chi connectivity index (χ2v) is 6.48. The summed E-state index contributed by atoms with van der Waals surface area (Å²) in [5, 5.41) is 4.78. The predicted molar refractivity (Wildman–Crippen MR) is 93.8 cm³/mol. The van der Waals surface area contributed by atoms with Crippen LogP contribution in [0.4, 0.5) is 4.39 Å². The smallest absolute Gasteiger partial charge is 0.123 e. The van der Waals surface area contributed by atoms with Crippen molar-refractivity contribution < 1.29 is 9.13 Å². The van der Waals surface area contributed by atoms with E-state index in [1.165, 1.54) is 22.5 Å². The molecule has 0 saturated heterocycles. The van der Waals surface area contributed by atoms with E-state index in [0.717, 1.165) is 30.8 Å². The Balaban J connectivity index is 1.37. The molecule has 0 bridgehead atoms. The third-order valence-corrected chi connectivity index (χ3v) is 4.91. The molecule has 4 heteroatoms. The van der Waals surface area contributed by atoms with Gasteiger partial charge in [-0.15, -0.1) is 0 Å². The fourth-order valence-corrected chi connectivity index (χ4v) is 3.54. The third-order valence-electron chi connectivity index (χ3n) is 4.91. The molecule has 1 aromatic heterocycles. The van der Waals surface area contributed by atoms with Crippen LogP contribution in [0.2, 0.25) is 0 Å². The molecule has 0 spiro atoms. The molecule has 3 aromatic rings. The first kappa shape index (κ1) is 15.2. The Kier molecular flexibility index (Phi) is 3.98. The number of fused-ring (bicyclic) bond motifs is 1. The van der Waals surface area contributed by atoms with Gasteiger partial charge in [0.05, 0.1) is 7.11 Å². The van der Waals surface area contributed by atoms with Crippen molar-refractivity contribution in [2.45, 2.75) is 18.9 Å². The minimum atomic E-state index is -0.192. The summed E-state index contributed by atoms with van der Waals surface area (Å²) in [6.07, 6.45) is 3.06. The van der Waals surface area contributed by atoms with Gasteiger partial charge in [0.2, 0.25) is 0 Å². The summed E-state index contributed by atoms with van der Waals surface area (Å²) >= 11 is 0. The summed E-state index contributed by atoms with van der Waals surface area (Å²) in [5.41, 5.74) is 3.47. The summed E-state index contributed by atoms with van der Waals surface area (Å²) in [7, 11) is 1.64. The number of halogens is 1. The first-order valence-corrected chi connectivity index (χ1v) is 8.35. The molecule has 1 aliphatic rings. The molecule has 2 aromatic carbocycles. The molecule has 3 nitrogen and oxygen atoms in total. The molecule has 124 valence electrons. The maximum Gasteiger partial charge on any atom is 0.123 e. The minimum Gasteiger partial charge on any atom is -0.496 e. The van der Waals surface area contributed by atoms with Crippen molar-refractivity contribution in [2.75, 3.05) is 13.7 Å². The first-order valence-electron chi connectivity index (χ1n) is 8.35. The van der Waals surface area contributed by atoms with E-state index >= 15 is 0 Å². The summed E-state index contributed by atoms with van der Waals surface area (Å²) in [5.74, 6) is 1.54. The molecule has 1 aliphatic carbocycles. The number of ether oxygens (including phenoxy) is 1. The van der Waals surface area contributed by atoms with Gasteiger partial charge in [-0.3, -0.25) is 0 Å². The van der Waals surface area contributed by atoms with Crippen molar-refractivity contribution in [3.63, 3.8) is 0 Å². The molecule has 1 heterocycles. The van der Waals surface area contributed by atoms with E-state index in [1.54, 1.807) is 19.2 Å². The Morgan fingerprint density at radius 2 is 2.17 bits per heavy atom. The monoisotopic (exact) mass is 324 g/mol. The van der Waals surface area contributed by atoms with E-state index in [1.807, 2.05) is 6.20 Å². The van der Waals surface area contributed by atoms with Crippen molar-refractivity contribution >= 4 is 10.9 Å². The van der Waals surface area contributed by atoms with E-state index in [4.69, 9.17) is 4.74 Å². The predicted octanol–water partition coefficient (Wildman–Crippen LogP) is 4.21. The van der Waals surface area contributed by atoms with Crippen molar-refractivity contribution in [2.24, 2.45) is 5.92 Å². The lowest BCUT2D eigenvalue weighted by molar-refractivity contribution is 0.407. The van der Waals surface area contributed by atoms with Crippen molar-refractivity contribution in [3.05, 3.63) is 65.6 Å². The van der Waals surface area contributed by atoms with Gasteiger partial charge in [0.25, 0.3) is 0 Å². The largest absolute Gasteiger partial charge is 0.496 e. The van der Waals surface area contributed by atoms with Crippen LogP contribution in [0.1, 0.15) is 23.5 Å². The van der Waals surface area contributed by atoms with Gasteiger partial charge >= 0.3 is 0 Å². The molecular formula is C20H21FN2O. The summed E-state index contributed by atoms with van der Waals surface area (Å²) in [4.78, 5) is 3.30. The molecule has 24 heavy (non-hydrogen) atoms. The summed E-state index contributed by atoms with van der Waals surface area (Å²) in [6, 6.07) is 13.2. The Morgan fingerprint density at radius 1 is 1.25 bits per heavy atom. The molecule has 0 aliphatic heterocycles. The maximum absolute atomic E-state index is 13.5. The highest BCUT2D eigenvalue weighted by atomic mass is 19.1. The molecular weight excluding hydrogens is 303 g/mol. The van der Waals surface area contributed by atoms with E-state index in [-0.39, 0.29) is 5.82 Å². The van der Waals surface area contributed by atoms with Gasteiger partial charge in [0.15, 0.2) is 0 Å². The zero-order valence-electron chi connectivity index (χ0n) is 13.7. The van der Waals surface area contributed by atoms with Crippen LogP contribution in [0.15, 0.2) is 48.7 Å². The van der Waals surface area contributed by atoms with Crippen LogP contribution in [0.25, 0.3) is 10.9 Å². The summed E-state index contributed by atoms with van der Waals surface area (Å²) < 4.78 is 18.9. The minimum absolute atomic E-state index is 0.192. The number of hydrogen-bond acceptors (Lipinski definition) is 2. The van der Waals surface area contributed by atoms with Crippen molar-refractivity contribution in [3.8, 4) is 5.75 Å². The molecule has 1 fully saturated rings. The third kappa shape index (κ3) is 2.89. The van der Waals surface area contributed by atoms with Crippen LogP contribution >= 0.6 is 0 Å². The molecule has 2 N–H and O–H groups in total. The van der Waals surface area contributed by atoms with E-state index in [0.29, 0.717) is 11.8 Å². The van der Waals surface area contributed by atoms with Crippen LogP contribution in [-0.4, -0.2) is 18.6 Å². The number of benzene rings is 2. The molecule has 4 rings (SSSR count). The number of H-pyrrole nitrogens is 1. The van der Waals surface area contributed by atoms with Gasteiger partial charge in [-0.25, -0.2) is 4.39 Å². The average molecular weight is 324 g/mol. The highest BCUT2D eigenvalue weighted by molar-refractivity contribution is 5.82. The molecule has 2 unspecified atom stereocenters. The number of nitrogens with one attached hydrogen (secondary N) is 2. The van der Waals surface area contributed by atoms with Gasteiger partial charge < -0.3 is 15.0 Å². The van der Waals surface area contributed by atoms with Crippen LogP contribution in [0, 0.1) is 11.7 Å². The van der Waals surface area contributed by atoms with Gasteiger partial charge in [-0.2, -0.15) is 0 Å². The van der Waals surface area contributed by atoms with Gasteiger partial charge in [0, 0.05) is 23.8 Å². The number of para-hydroxylation sites is 1. The van der Waals surface area contributed by atoms with Gasteiger partial charge in [0.1, 0.15) is 11.6 Å². The summed E-state index contributed by atoms with van der Waals surface area (Å²) in [6.45, 7) is 1.77. The Morgan fingerprint density at radius 3 is 3.04 bits per heavy atom. The van der Waals surface area contributed by atoms with Crippen LogP contribution in [-0.2, 0) is 6.54 Å². The molecule has 2 atom stereocenters. The van der Waals surface area contributed by atoms with Crippen molar-refractivity contribution in [1.29, 1.82) is 0 Å². The number of aromatic amines is 1.